The van der Waals surface area contributed by atoms with E-state index in [0.717, 1.165) is 6.42 Å². The molecule has 7 nitrogen and oxygen atoms in total. The Morgan fingerprint density at radius 1 is 1.04 bits per heavy atom. The molecular formula is C20H26ClN3O4. The van der Waals surface area contributed by atoms with Crippen molar-refractivity contribution in [2.45, 2.75) is 6.42 Å². The number of hydrogen-bond acceptors (Lipinski definition) is 5. The van der Waals surface area contributed by atoms with Crippen molar-refractivity contribution < 1.29 is 19.1 Å². The molecule has 2 aromatic carbocycles. The van der Waals surface area contributed by atoms with Gasteiger partial charge in [-0.3, -0.25) is 9.59 Å². The number of nitrogens with one attached hydrogen (secondary N) is 2. The molecule has 0 heterocycles. The van der Waals surface area contributed by atoms with Crippen LogP contribution in [0.25, 0.3) is 0 Å². The highest BCUT2D eigenvalue weighted by molar-refractivity contribution is 6.09. The molecule has 4 N–H and O–H groups in total. The number of para-hydroxylation sites is 1. The zero-order valence-electron chi connectivity index (χ0n) is 15.8. The molecule has 0 spiro atoms. The molecule has 2 aromatic rings. The molecular weight excluding hydrogens is 382 g/mol. The Labute approximate surface area is 171 Å². The molecule has 0 aliphatic rings. The van der Waals surface area contributed by atoms with Gasteiger partial charge in [0.05, 0.1) is 17.9 Å². The predicted molar refractivity (Wildman–Crippen MR) is 111 cm³/mol. The standard InChI is InChI=1S/C20H25N3O4.ClH/c1-26-12-5-13-27-16-7-4-6-15(14-16)19(24)23-18-9-3-2-8-17(18)20(25)22-11-10-21;/h2-4,6-9,14H,5,10-13,21H2,1H3,(H,22,25)(H,23,24);1H. The number of nitrogens with two attached hydrogens (primary N) is 1. The van der Waals surface area contributed by atoms with Crippen molar-refractivity contribution in [3.05, 3.63) is 59.7 Å². The third-order valence-electron chi connectivity index (χ3n) is 3.71. The molecule has 0 radical (unpaired) electrons. The molecule has 0 saturated carbocycles. The Morgan fingerprint density at radius 3 is 2.57 bits per heavy atom. The topological polar surface area (TPSA) is 103 Å². The molecule has 0 unspecified atom stereocenters. The van der Waals surface area contributed by atoms with Crippen LogP contribution in [0, 0.1) is 0 Å². The summed E-state index contributed by atoms with van der Waals surface area (Å²) in [5.41, 5.74) is 6.67. The first kappa shape index (κ1) is 23.4. The number of ether oxygens (including phenoxy) is 2. The van der Waals surface area contributed by atoms with Crippen LogP contribution in [0.2, 0.25) is 0 Å². The number of carbonyl (C=O) groups excluding carboxylic acids is 2. The number of rotatable bonds is 10. The molecule has 0 bridgehead atoms. The van der Waals surface area contributed by atoms with Gasteiger partial charge in [0.25, 0.3) is 11.8 Å². The molecule has 2 rings (SSSR count). The van der Waals surface area contributed by atoms with Gasteiger partial charge in [-0.2, -0.15) is 0 Å². The van der Waals surface area contributed by atoms with Gasteiger partial charge in [0.1, 0.15) is 5.75 Å². The van der Waals surface area contributed by atoms with Crippen molar-refractivity contribution in [1.29, 1.82) is 0 Å². The fraction of sp³-hybridized carbons (Fsp3) is 0.300. The Kier molecular flexibility index (Phi) is 10.6. The average molecular weight is 408 g/mol. The Balaban J connectivity index is 0.00000392. The Hall–Kier alpha value is -2.61. The van der Waals surface area contributed by atoms with E-state index in [9.17, 15) is 9.59 Å². The fourth-order valence-electron chi connectivity index (χ4n) is 2.39. The van der Waals surface area contributed by atoms with E-state index >= 15 is 0 Å². The number of halogens is 1. The molecule has 28 heavy (non-hydrogen) atoms. The quantitative estimate of drug-likeness (QED) is 0.525. The molecule has 0 atom stereocenters. The molecule has 0 fully saturated rings. The number of amides is 2. The summed E-state index contributed by atoms with van der Waals surface area (Å²) in [6, 6.07) is 13.7. The summed E-state index contributed by atoms with van der Waals surface area (Å²) in [7, 11) is 1.64. The largest absolute Gasteiger partial charge is 0.493 e. The zero-order valence-corrected chi connectivity index (χ0v) is 16.6. The van der Waals surface area contributed by atoms with E-state index in [1.165, 1.54) is 0 Å². The number of methoxy groups -OCH3 is 1. The lowest BCUT2D eigenvalue weighted by atomic mass is 10.1. The van der Waals surface area contributed by atoms with Crippen molar-refractivity contribution in [2.24, 2.45) is 5.73 Å². The van der Waals surface area contributed by atoms with Crippen molar-refractivity contribution in [2.75, 3.05) is 38.7 Å². The first-order chi connectivity index (χ1) is 13.2. The van der Waals surface area contributed by atoms with Gasteiger partial charge in [0, 0.05) is 38.8 Å². The minimum Gasteiger partial charge on any atom is -0.493 e. The van der Waals surface area contributed by atoms with Crippen LogP contribution in [0.15, 0.2) is 48.5 Å². The van der Waals surface area contributed by atoms with Crippen LogP contribution in [0.4, 0.5) is 5.69 Å². The van der Waals surface area contributed by atoms with Gasteiger partial charge in [-0.25, -0.2) is 0 Å². The monoisotopic (exact) mass is 407 g/mol. The third-order valence-corrected chi connectivity index (χ3v) is 3.71. The third kappa shape index (κ3) is 7.19. The molecule has 0 saturated heterocycles. The van der Waals surface area contributed by atoms with Crippen LogP contribution in [-0.4, -0.2) is 45.2 Å². The van der Waals surface area contributed by atoms with E-state index in [1.54, 1.807) is 55.6 Å². The molecule has 8 heteroatoms. The normalized spacial score (nSPS) is 9.93. The summed E-state index contributed by atoms with van der Waals surface area (Å²) in [4.78, 5) is 24.8. The maximum Gasteiger partial charge on any atom is 0.255 e. The molecule has 0 aliphatic heterocycles. The van der Waals surface area contributed by atoms with Crippen molar-refractivity contribution >= 4 is 29.9 Å². The van der Waals surface area contributed by atoms with E-state index in [2.05, 4.69) is 10.6 Å². The van der Waals surface area contributed by atoms with Gasteiger partial charge in [-0.05, 0) is 30.3 Å². The first-order valence-electron chi connectivity index (χ1n) is 8.76. The molecule has 152 valence electrons. The summed E-state index contributed by atoms with van der Waals surface area (Å²) in [5, 5.41) is 5.48. The van der Waals surface area contributed by atoms with Crippen LogP contribution in [0.1, 0.15) is 27.1 Å². The van der Waals surface area contributed by atoms with Crippen molar-refractivity contribution in [3.63, 3.8) is 0 Å². The van der Waals surface area contributed by atoms with Gasteiger partial charge in [0.2, 0.25) is 0 Å². The lowest BCUT2D eigenvalue weighted by molar-refractivity contribution is 0.0955. The van der Waals surface area contributed by atoms with Crippen LogP contribution in [0.5, 0.6) is 5.75 Å². The summed E-state index contributed by atoms with van der Waals surface area (Å²) in [6.07, 6.45) is 0.762. The van der Waals surface area contributed by atoms with E-state index in [-0.39, 0.29) is 24.2 Å². The highest BCUT2D eigenvalue weighted by Gasteiger charge is 2.14. The average Bonchev–Trinajstić information content (AvgIpc) is 2.70. The molecule has 2 amide bonds. The fourth-order valence-corrected chi connectivity index (χ4v) is 2.39. The molecule has 0 aromatic heterocycles. The number of carbonyl (C=O) groups is 2. The van der Waals surface area contributed by atoms with E-state index < -0.39 is 0 Å². The van der Waals surface area contributed by atoms with Gasteiger partial charge in [-0.15, -0.1) is 12.4 Å². The van der Waals surface area contributed by atoms with E-state index in [4.69, 9.17) is 15.2 Å². The lowest BCUT2D eigenvalue weighted by Crippen LogP contribution is -2.30. The summed E-state index contributed by atoms with van der Waals surface area (Å²) in [6.45, 7) is 1.83. The van der Waals surface area contributed by atoms with E-state index in [0.29, 0.717) is 48.9 Å². The van der Waals surface area contributed by atoms with Gasteiger partial charge < -0.3 is 25.8 Å². The zero-order chi connectivity index (χ0) is 19.5. The Morgan fingerprint density at radius 2 is 1.82 bits per heavy atom. The molecule has 0 aliphatic carbocycles. The second-order valence-corrected chi connectivity index (χ2v) is 5.77. The van der Waals surface area contributed by atoms with Gasteiger partial charge in [0.15, 0.2) is 0 Å². The minimum atomic E-state index is -0.323. The van der Waals surface area contributed by atoms with Crippen LogP contribution >= 0.6 is 12.4 Å². The Bertz CT molecular complexity index is 771. The summed E-state index contributed by atoms with van der Waals surface area (Å²) < 4.78 is 10.6. The van der Waals surface area contributed by atoms with Gasteiger partial charge in [-0.1, -0.05) is 18.2 Å². The number of anilines is 1. The summed E-state index contributed by atoms with van der Waals surface area (Å²) >= 11 is 0. The highest BCUT2D eigenvalue weighted by atomic mass is 35.5. The highest BCUT2D eigenvalue weighted by Crippen LogP contribution is 2.18. The predicted octanol–water partition coefficient (Wildman–Crippen LogP) is 2.46. The van der Waals surface area contributed by atoms with E-state index in [1.807, 2.05) is 0 Å². The first-order valence-corrected chi connectivity index (χ1v) is 8.76. The van der Waals surface area contributed by atoms with Crippen LogP contribution in [-0.2, 0) is 4.74 Å². The maximum atomic E-state index is 12.6. The lowest BCUT2D eigenvalue weighted by Gasteiger charge is -2.12. The van der Waals surface area contributed by atoms with Crippen LogP contribution < -0.4 is 21.1 Å². The SMILES string of the molecule is COCCCOc1cccc(C(=O)Nc2ccccc2C(=O)NCCN)c1.Cl. The second-order valence-electron chi connectivity index (χ2n) is 5.77. The van der Waals surface area contributed by atoms with Crippen molar-refractivity contribution in [3.8, 4) is 5.75 Å². The van der Waals surface area contributed by atoms with Crippen LogP contribution in [0.3, 0.4) is 0 Å². The minimum absolute atomic E-state index is 0. The maximum absolute atomic E-state index is 12.6. The smallest absolute Gasteiger partial charge is 0.255 e. The second kappa shape index (κ2) is 12.7. The van der Waals surface area contributed by atoms with Crippen molar-refractivity contribution in [1.82, 2.24) is 5.32 Å². The summed E-state index contributed by atoms with van der Waals surface area (Å²) in [5.74, 6) is -0.00396. The number of hydrogen-bond donors (Lipinski definition) is 3. The number of benzene rings is 2. The van der Waals surface area contributed by atoms with Gasteiger partial charge >= 0.3 is 0 Å².